The van der Waals surface area contributed by atoms with Gasteiger partial charge in [-0.05, 0) is 43.0 Å². The average Bonchev–Trinajstić information content (AvgIpc) is 2.80. The van der Waals surface area contributed by atoms with Crippen molar-refractivity contribution in [2.75, 3.05) is 4.90 Å². The van der Waals surface area contributed by atoms with Gasteiger partial charge >= 0.3 is 5.97 Å². The molecule has 7 nitrogen and oxygen atoms in total. The Morgan fingerprint density at radius 3 is 2.58 bits per heavy atom. The standard InChI is InChI=1S/C26H23N3O4/c1-17(2)29(21-10-11-24(30)28(15-21)16-25(31)32)26(33)19-8-5-7-18(12-19)23-14-27-13-20-6-3-4-9-22(20)23/h3-15,17H,16H2,1-2H3,(H,31,32). The summed E-state index contributed by atoms with van der Waals surface area (Å²) in [4.78, 5) is 42.6. The van der Waals surface area contributed by atoms with E-state index >= 15 is 0 Å². The van der Waals surface area contributed by atoms with Crippen LogP contribution < -0.4 is 10.5 Å². The van der Waals surface area contributed by atoms with Gasteiger partial charge in [0, 0.05) is 47.2 Å². The zero-order valence-corrected chi connectivity index (χ0v) is 18.3. The molecule has 0 unspecified atom stereocenters. The van der Waals surface area contributed by atoms with Crippen LogP contribution in [0.4, 0.5) is 5.69 Å². The molecular weight excluding hydrogens is 418 g/mol. The number of aromatic nitrogens is 2. The van der Waals surface area contributed by atoms with Gasteiger partial charge in [-0.25, -0.2) is 0 Å². The van der Waals surface area contributed by atoms with Crippen LogP contribution in [0, 0.1) is 0 Å². The minimum absolute atomic E-state index is 0.226. The molecule has 2 aromatic heterocycles. The molecule has 0 aliphatic heterocycles. The summed E-state index contributed by atoms with van der Waals surface area (Å²) in [6.07, 6.45) is 5.00. The van der Waals surface area contributed by atoms with E-state index in [0.717, 1.165) is 26.5 Å². The number of carboxylic acid groups (broad SMARTS) is 1. The van der Waals surface area contributed by atoms with Crippen LogP contribution in [0.2, 0.25) is 0 Å². The number of hydrogen-bond acceptors (Lipinski definition) is 4. The van der Waals surface area contributed by atoms with Crippen LogP contribution in [-0.2, 0) is 11.3 Å². The predicted molar refractivity (Wildman–Crippen MR) is 127 cm³/mol. The van der Waals surface area contributed by atoms with E-state index in [0.29, 0.717) is 11.3 Å². The molecule has 0 saturated carbocycles. The Hall–Kier alpha value is -4.26. The van der Waals surface area contributed by atoms with Gasteiger partial charge in [-0.1, -0.05) is 36.4 Å². The van der Waals surface area contributed by atoms with Crippen LogP contribution in [0.25, 0.3) is 21.9 Å². The zero-order valence-electron chi connectivity index (χ0n) is 18.3. The van der Waals surface area contributed by atoms with Crippen LogP contribution in [0.15, 0.2) is 84.0 Å². The highest BCUT2D eigenvalue weighted by molar-refractivity contribution is 6.07. The van der Waals surface area contributed by atoms with E-state index in [2.05, 4.69) is 4.98 Å². The Balaban J connectivity index is 1.75. The largest absolute Gasteiger partial charge is 0.480 e. The lowest BCUT2D eigenvalue weighted by Gasteiger charge is -2.27. The first-order valence-corrected chi connectivity index (χ1v) is 10.5. The maximum Gasteiger partial charge on any atom is 0.323 e. The summed E-state index contributed by atoms with van der Waals surface area (Å²) in [6.45, 7) is 3.25. The molecule has 0 fully saturated rings. The van der Waals surface area contributed by atoms with Gasteiger partial charge in [-0.3, -0.25) is 19.4 Å². The van der Waals surface area contributed by atoms with Crippen molar-refractivity contribution in [3.8, 4) is 11.1 Å². The number of carbonyl (C=O) groups is 2. The number of rotatable bonds is 6. The molecule has 4 rings (SSSR count). The summed E-state index contributed by atoms with van der Waals surface area (Å²) in [5, 5.41) is 11.1. The maximum atomic E-state index is 13.6. The molecule has 1 amide bonds. The van der Waals surface area contributed by atoms with E-state index in [-0.39, 0.29) is 11.9 Å². The van der Waals surface area contributed by atoms with Crippen molar-refractivity contribution in [2.45, 2.75) is 26.4 Å². The van der Waals surface area contributed by atoms with Crippen molar-refractivity contribution in [2.24, 2.45) is 0 Å². The van der Waals surface area contributed by atoms with E-state index in [4.69, 9.17) is 5.11 Å². The maximum absolute atomic E-state index is 13.6. The molecule has 0 saturated heterocycles. The van der Waals surface area contributed by atoms with Crippen molar-refractivity contribution in [3.05, 3.63) is 95.2 Å². The third-order valence-electron chi connectivity index (χ3n) is 5.38. The molecular formula is C26H23N3O4. The highest BCUT2D eigenvalue weighted by Crippen LogP contribution is 2.29. The van der Waals surface area contributed by atoms with E-state index in [1.807, 2.05) is 56.3 Å². The Morgan fingerprint density at radius 1 is 1.03 bits per heavy atom. The Morgan fingerprint density at radius 2 is 1.82 bits per heavy atom. The molecule has 0 aliphatic rings. The van der Waals surface area contributed by atoms with Crippen LogP contribution in [-0.4, -0.2) is 32.6 Å². The summed E-state index contributed by atoms with van der Waals surface area (Å²) in [5.41, 5.74) is 2.28. The number of carboxylic acids is 1. The van der Waals surface area contributed by atoms with Gasteiger partial charge in [0.05, 0.1) is 5.69 Å². The Labute approximate surface area is 190 Å². The molecule has 0 atom stereocenters. The van der Waals surface area contributed by atoms with Gasteiger partial charge < -0.3 is 14.6 Å². The fourth-order valence-electron chi connectivity index (χ4n) is 3.89. The minimum atomic E-state index is -1.13. The van der Waals surface area contributed by atoms with Crippen molar-refractivity contribution < 1.29 is 14.7 Å². The molecule has 1 N–H and O–H groups in total. The molecule has 2 heterocycles. The fourth-order valence-corrected chi connectivity index (χ4v) is 3.89. The van der Waals surface area contributed by atoms with Gasteiger partial charge in [-0.15, -0.1) is 0 Å². The van der Waals surface area contributed by atoms with Crippen molar-refractivity contribution >= 4 is 28.3 Å². The highest BCUT2D eigenvalue weighted by Gasteiger charge is 2.22. The van der Waals surface area contributed by atoms with Crippen LogP contribution in [0.5, 0.6) is 0 Å². The molecule has 0 bridgehead atoms. The highest BCUT2D eigenvalue weighted by atomic mass is 16.4. The zero-order chi connectivity index (χ0) is 23.5. The normalized spacial score (nSPS) is 11.0. The second kappa shape index (κ2) is 9.08. The van der Waals surface area contributed by atoms with Crippen molar-refractivity contribution in [1.29, 1.82) is 0 Å². The Bertz CT molecular complexity index is 1400. The first-order valence-electron chi connectivity index (χ1n) is 10.5. The molecule has 4 aromatic rings. The van der Waals surface area contributed by atoms with Crippen LogP contribution in [0.1, 0.15) is 24.2 Å². The first kappa shape index (κ1) is 22.0. The third-order valence-corrected chi connectivity index (χ3v) is 5.38. The quantitative estimate of drug-likeness (QED) is 0.484. The summed E-state index contributed by atoms with van der Waals surface area (Å²) >= 11 is 0. The lowest BCUT2D eigenvalue weighted by Crippen LogP contribution is -2.38. The van der Waals surface area contributed by atoms with E-state index in [1.165, 1.54) is 18.3 Å². The lowest BCUT2D eigenvalue weighted by molar-refractivity contribution is -0.137. The molecule has 2 aromatic carbocycles. The van der Waals surface area contributed by atoms with Crippen molar-refractivity contribution in [3.63, 3.8) is 0 Å². The molecule has 0 radical (unpaired) electrons. The van der Waals surface area contributed by atoms with Gasteiger partial charge in [-0.2, -0.15) is 0 Å². The second-order valence-corrected chi connectivity index (χ2v) is 8.01. The second-order valence-electron chi connectivity index (χ2n) is 8.01. The third kappa shape index (κ3) is 4.52. The number of nitrogens with zero attached hydrogens (tertiary/aromatic N) is 3. The molecule has 7 heteroatoms. The van der Waals surface area contributed by atoms with E-state index < -0.39 is 18.1 Å². The molecule has 0 aliphatic carbocycles. The fraction of sp³-hybridized carbons (Fsp3) is 0.154. The monoisotopic (exact) mass is 441 g/mol. The van der Waals surface area contributed by atoms with Gasteiger partial charge in [0.1, 0.15) is 6.54 Å². The number of pyridine rings is 2. The number of amides is 1. The summed E-state index contributed by atoms with van der Waals surface area (Å²) in [5.74, 6) is -1.38. The van der Waals surface area contributed by atoms with Gasteiger partial charge in [0.2, 0.25) is 0 Å². The van der Waals surface area contributed by atoms with Gasteiger partial charge in [0.25, 0.3) is 11.5 Å². The number of carbonyl (C=O) groups excluding carboxylic acids is 1. The molecule has 166 valence electrons. The SMILES string of the molecule is CC(C)N(C(=O)c1cccc(-c2cncc3ccccc23)c1)c1ccc(=O)n(CC(=O)O)c1. The smallest absolute Gasteiger partial charge is 0.323 e. The average molecular weight is 441 g/mol. The van der Waals surface area contributed by atoms with Crippen LogP contribution >= 0.6 is 0 Å². The summed E-state index contributed by atoms with van der Waals surface area (Å²) in [7, 11) is 0. The minimum Gasteiger partial charge on any atom is -0.480 e. The summed E-state index contributed by atoms with van der Waals surface area (Å²) < 4.78 is 1.08. The van der Waals surface area contributed by atoms with E-state index in [9.17, 15) is 14.4 Å². The van der Waals surface area contributed by atoms with Gasteiger partial charge in [0.15, 0.2) is 0 Å². The number of benzene rings is 2. The topological polar surface area (TPSA) is 92.5 Å². The number of aliphatic carboxylic acids is 1. The molecule has 0 spiro atoms. The summed E-state index contributed by atoms with van der Waals surface area (Å²) in [6, 6.07) is 17.9. The number of fused-ring (bicyclic) bond motifs is 1. The van der Waals surface area contributed by atoms with Crippen LogP contribution in [0.3, 0.4) is 0 Å². The lowest BCUT2D eigenvalue weighted by atomic mass is 9.99. The number of anilines is 1. The predicted octanol–water partition coefficient (Wildman–Crippen LogP) is 4.20. The van der Waals surface area contributed by atoms with E-state index in [1.54, 1.807) is 23.4 Å². The number of hydrogen-bond donors (Lipinski definition) is 1. The van der Waals surface area contributed by atoms with Crippen molar-refractivity contribution in [1.82, 2.24) is 9.55 Å². The molecule has 33 heavy (non-hydrogen) atoms. The Kier molecular flexibility index (Phi) is 6.04. The first-order chi connectivity index (χ1) is 15.8.